The number of allylic oxidation sites excluding steroid dienone is 2. The average molecular weight is 136 g/mol. The highest BCUT2D eigenvalue weighted by molar-refractivity contribution is 5.10. The van der Waals surface area contributed by atoms with Crippen LogP contribution >= 0.6 is 0 Å². The minimum atomic E-state index is 0.878. The van der Waals surface area contributed by atoms with Crippen LogP contribution in [0.1, 0.15) is 40.0 Å². The standard InChI is InChI=1S/C10H16/c1-5-7-8-10(4)9(3)6-2/h1H,6-8H2,2-4H3. The smallest absolute Gasteiger partial charge is 0.0123 e. The summed E-state index contributed by atoms with van der Waals surface area (Å²) in [5.41, 5.74) is 2.94. The molecule has 0 aromatic heterocycles. The third-order valence-electron chi connectivity index (χ3n) is 1.90. The lowest BCUT2D eigenvalue weighted by molar-refractivity contribution is 0.939. The molecule has 0 saturated carbocycles. The van der Waals surface area contributed by atoms with Gasteiger partial charge in [-0.1, -0.05) is 18.1 Å². The van der Waals surface area contributed by atoms with E-state index in [9.17, 15) is 0 Å². The molecule has 0 rings (SSSR count). The quantitative estimate of drug-likeness (QED) is 0.413. The summed E-state index contributed by atoms with van der Waals surface area (Å²) in [5, 5.41) is 0. The fraction of sp³-hybridized carbons (Fsp3) is 0.600. The predicted molar refractivity (Wildman–Crippen MR) is 46.7 cm³/mol. The van der Waals surface area contributed by atoms with Gasteiger partial charge in [0.05, 0.1) is 0 Å². The summed E-state index contributed by atoms with van der Waals surface area (Å²) in [4.78, 5) is 0. The van der Waals surface area contributed by atoms with Gasteiger partial charge in [0, 0.05) is 6.42 Å². The Balaban J connectivity index is 3.82. The monoisotopic (exact) mass is 136 g/mol. The first-order chi connectivity index (χ1) is 4.72. The zero-order valence-corrected chi connectivity index (χ0v) is 7.20. The van der Waals surface area contributed by atoms with E-state index in [4.69, 9.17) is 6.42 Å². The van der Waals surface area contributed by atoms with Crippen LogP contribution in [0.25, 0.3) is 0 Å². The molecule has 10 heavy (non-hydrogen) atoms. The van der Waals surface area contributed by atoms with E-state index in [0.717, 1.165) is 19.3 Å². The van der Waals surface area contributed by atoms with Gasteiger partial charge in [0.2, 0.25) is 0 Å². The molecule has 0 N–H and O–H groups in total. The second kappa shape index (κ2) is 5.11. The van der Waals surface area contributed by atoms with Crippen LogP contribution in [0, 0.1) is 12.3 Å². The van der Waals surface area contributed by atoms with Gasteiger partial charge in [-0.15, -0.1) is 12.3 Å². The Bertz CT molecular complexity index is 155. The molecule has 0 aliphatic rings. The Labute approximate surface area is 64.3 Å². The average Bonchev–Trinajstić information content (AvgIpc) is 1.98. The molecule has 0 nitrogen and oxygen atoms in total. The van der Waals surface area contributed by atoms with Crippen LogP contribution in [0.3, 0.4) is 0 Å². The van der Waals surface area contributed by atoms with E-state index < -0.39 is 0 Å². The van der Waals surface area contributed by atoms with Gasteiger partial charge in [-0.3, -0.25) is 0 Å². The molecule has 0 fully saturated rings. The van der Waals surface area contributed by atoms with Crippen molar-refractivity contribution in [2.75, 3.05) is 0 Å². The van der Waals surface area contributed by atoms with E-state index >= 15 is 0 Å². The largest absolute Gasteiger partial charge is 0.120 e. The summed E-state index contributed by atoms with van der Waals surface area (Å²) in [6.45, 7) is 6.51. The van der Waals surface area contributed by atoms with Gasteiger partial charge < -0.3 is 0 Å². The van der Waals surface area contributed by atoms with Crippen molar-refractivity contribution in [3.05, 3.63) is 11.1 Å². The van der Waals surface area contributed by atoms with Gasteiger partial charge in [-0.2, -0.15) is 0 Å². The minimum Gasteiger partial charge on any atom is -0.120 e. The molecule has 0 saturated heterocycles. The first kappa shape index (κ1) is 9.30. The lowest BCUT2D eigenvalue weighted by atomic mass is 10.0. The van der Waals surface area contributed by atoms with E-state index in [1.807, 2.05) is 0 Å². The zero-order chi connectivity index (χ0) is 7.98. The Hall–Kier alpha value is -0.700. The topological polar surface area (TPSA) is 0 Å². The van der Waals surface area contributed by atoms with Crippen LogP contribution in [0.2, 0.25) is 0 Å². The summed E-state index contributed by atoms with van der Waals surface area (Å²) < 4.78 is 0. The maximum atomic E-state index is 5.15. The van der Waals surface area contributed by atoms with Crippen LogP contribution in [0.5, 0.6) is 0 Å². The number of terminal acetylenes is 1. The normalized spacial score (nSPS) is 12.2. The molecule has 0 atom stereocenters. The first-order valence-corrected chi connectivity index (χ1v) is 3.81. The minimum absolute atomic E-state index is 0.878. The molecular formula is C10H16. The van der Waals surface area contributed by atoms with Crippen LogP contribution in [-0.4, -0.2) is 0 Å². The third-order valence-corrected chi connectivity index (χ3v) is 1.90. The Kier molecular flexibility index (Phi) is 4.76. The zero-order valence-electron chi connectivity index (χ0n) is 7.20. The molecule has 0 aliphatic heterocycles. The Morgan fingerprint density at radius 1 is 1.30 bits per heavy atom. The number of rotatable bonds is 3. The Morgan fingerprint density at radius 3 is 2.30 bits per heavy atom. The van der Waals surface area contributed by atoms with E-state index in [2.05, 4.69) is 26.7 Å². The maximum absolute atomic E-state index is 5.15. The molecule has 0 unspecified atom stereocenters. The highest BCUT2D eigenvalue weighted by atomic mass is 14.0. The van der Waals surface area contributed by atoms with Crippen molar-refractivity contribution in [3.8, 4) is 12.3 Å². The van der Waals surface area contributed by atoms with Gasteiger partial charge in [0.25, 0.3) is 0 Å². The molecule has 0 heterocycles. The summed E-state index contributed by atoms with van der Waals surface area (Å²) in [5.74, 6) is 2.64. The van der Waals surface area contributed by atoms with Gasteiger partial charge in [0.1, 0.15) is 0 Å². The van der Waals surface area contributed by atoms with Crippen LogP contribution in [0.4, 0.5) is 0 Å². The summed E-state index contributed by atoms with van der Waals surface area (Å²) in [6, 6.07) is 0. The Morgan fingerprint density at radius 2 is 1.90 bits per heavy atom. The van der Waals surface area contributed by atoms with Crippen LogP contribution in [0.15, 0.2) is 11.1 Å². The van der Waals surface area contributed by atoms with Crippen LogP contribution < -0.4 is 0 Å². The lowest BCUT2D eigenvalue weighted by Gasteiger charge is -2.01. The molecule has 0 radical (unpaired) electrons. The molecular weight excluding hydrogens is 120 g/mol. The number of hydrogen-bond donors (Lipinski definition) is 0. The van der Waals surface area contributed by atoms with Gasteiger partial charge in [-0.05, 0) is 26.7 Å². The van der Waals surface area contributed by atoms with E-state index in [-0.39, 0.29) is 0 Å². The molecule has 0 aromatic carbocycles. The SMILES string of the molecule is C#CCCC(C)=C(C)CC. The molecule has 0 heteroatoms. The summed E-state index contributed by atoms with van der Waals surface area (Å²) >= 11 is 0. The third kappa shape index (κ3) is 3.35. The van der Waals surface area contributed by atoms with Crippen molar-refractivity contribution in [2.24, 2.45) is 0 Å². The highest BCUT2D eigenvalue weighted by Crippen LogP contribution is 2.11. The summed E-state index contributed by atoms with van der Waals surface area (Å²) in [7, 11) is 0. The second-order valence-electron chi connectivity index (χ2n) is 2.62. The predicted octanol–water partition coefficient (Wildman–Crippen LogP) is 3.15. The molecule has 0 bridgehead atoms. The fourth-order valence-electron chi connectivity index (χ4n) is 0.775. The van der Waals surface area contributed by atoms with Gasteiger partial charge in [-0.25, -0.2) is 0 Å². The maximum Gasteiger partial charge on any atom is 0.0123 e. The van der Waals surface area contributed by atoms with Crippen LogP contribution in [-0.2, 0) is 0 Å². The molecule has 0 spiro atoms. The van der Waals surface area contributed by atoms with E-state index in [1.165, 1.54) is 11.1 Å². The van der Waals surface area contributed by atoms with Gasteiger partial charge in [0.15, 0.2) is 0 Å². The molecule has 0 aromatic rings. The molecule has 56 valence electrons. The molecule has 0 amide bonds. The van der Waals surface area contributed by atoms with Crippen molar-refractivity contribution in [2.45, 2.75) is 40.0 Å². The van der Waals surface area contributed by atoms with E-state index in [0.29, 0.717) is 0 Å². The van der Waals surface area contributed by atoms with Crippen molar-refractivity contribution >= 4 is 0 Å². The van der Waals surface area contributed by atoms with Crippen molar-refractivity contribution < 1.29 is 0 Å². The summed E-state index contributed by atoms with van der Waals surface area (Å²) in [6.07, 6.45) is 8.24. The first-order valence-electron chi connectivity index (χ1n) is 3.81. The van der Waals surface area contributed by atoms with Crippen molar-refractivity contribution in [1.82, 2.24) is 0 Å². The second-order valence-corrected chi connectivity index (χ2v) is 2.62. The van der Waals surface area contributed by atoms with Crippen molar-refractivity contribution in [1.29, 1.82) is 0 Å². The lowest BCUT2D eigenvalue weighted by Crippen LogP contribution is -1.82. The highest BCUT2D eigenvalue weighted by Gasteiger charge is 1.92. The van der Waals surface area contributed by atoms with E-state index in [1.54, 1.807) is 0 Å². The van der Waals surface area contributed by atoms with Crippen molar-refractivity contribution in [3.63, 3.8) is 0 Å². The van der Waals surface area contributed by atoms with Gasteiger partial charge >= 0.3 is 0 Å². The fourth-order valence-corrected chi connectivity index (χ4v) is 0.775. The number of hydrogen-bond acceptors (Lipinski definition) is 0. The molecule has 0 aliphatic carbocycles.